The number of hydrogen-bond acceptors (Lipinski definition) is 9. The van der Waals surface area contributed by atoms with Crippen molar-refractivity contribution < 1.29 is 70.8 Å². The van der Waals surface area contributed by atoms with Crippen LogP contribution in [0.2, 0.25) is 0 Å². The average molecular weight is 384 g/mol. The summed E-state index contributed by atoms with van der Waals surface area (Å²) in [6.07, 6.45) is -6.62. The normalized spacial score (nSPS) is 35.5. The third kappa shape index (κ3) is 4.99. The van der Waals surface area contributed by atoms with Crippen LogP contribution in [0.3, 0.4) is 0 Å². The first-order chi connectivity index (χ1) is 11.4. The van der Waals surface area contributed by atoms with E-state index in [0.717, 1.165) is 5.56 Å². The van der Waals surface area contributed by atoms with E-state index in [1.807, 2.05) is 6.07 Å². The van der Waals surface area contributed by atoms with E-state index in [-0.39, 0.29) is 36.2 Å². The summed E-state index contributed by atoms with van der Waals surface area (Å²) < 4.78 is 58.8. The van der Waals surface area contributed by atoms with E-state index in [9.17, 15) is 18.1 Å². The second-order valence-electron chi connectivity index (χ2n) is 5.41. The zero-order chi connectivity index (χ0) is 17.3. The summed E-state index contributed by atoms with van der Waals surface area (Å²) in [4.78, 5) is 0. The molecule has 1 aromatic carbocycles. The van der Waals surface area contributed by atoms with Gasteiger partial charge in [-0.1, -0.05) is 30.3 Å². The van der Waals surface area contributed by atoms with Gasteiger partial charge in [0, 0.05) is 12.7 Å². The molecule has 2 fully saturated rings. The Kier molecular flexibility index (Phi) is 7.39. The second-order valence-corrected chi connectivity index (χ2v) is 6.42. The van der Waals surface area contributed by atoms with E-state index in [0.29, 0.717) is 0 Å². The van der Waals surface area contributed by atoms with Gasteiger partial charge in [-0.25, -0.2) is 8.42 Å². The molecule has 2 saturated heterocycles. The Hall–Kier alpha value is -0.110. The summed E-state index contributed by atoms with van der Waals surface area (Å²) in [6.45, 7) is 0.0952. The van der Waals surface area contributed by atoms with Gasteiger partial charge in [0.05, 0.1) is 6.61 Å². The Morgan fingerprint density at radius 2 is 1.92 bits per heavy atom. The average Bonchev–Trinajstić information content (AvgIpc) is 2.56. The van der Waals surface area contributed by atoms with Crippen LogP contribution in [0.25, 0.3) is 0 Å². The summed E-state index contributed by atoms with van der Waals surface area (Å²) in [5, 5.41) is 10.4. The summed E-state index contributed by atoms with van der Waals surface area (Å²) >= 11 is 0. The first kappa shape index (κ1) is 21.2. The first-order valence-electron chi connectivity index (χ1n) is 7.21. The molecule has 0 unspecified atom stereocenters. The van der Waals surface area contributed by atoms with E-state index in [2.05, 4.69) is 4.18 Å². The van der Waals surface area contributed by atoms with Crippen LogP contribution in [-0.2, 0) is 33.5 Å². The van der Waals surface area contributed by atoms with Crippen LogP contribution in [0, 0.1) is 0 Å². The monoisotopic (exact) mass is 384 g/mol. The summed E-state index contributed by atoms with van der Waals surface area (Å²) in [5.41, 5.74) is 0.728. The standard InChI is InChI=1S/C14H18O9S.Na/c1-19-14-12(23-24(16,17)18)10(15)11-9(21-14)7-20-13(22-11)8-5-3-2-4-6-8;/h2-6,9-15H,7H2,1H3,(H,16,17,18);/q;+1/p-1/t9-,10+,11+,12-,13-,14+;/m1./s1. The Bertz CT molecular complexity index is 656. The van der Waals surface area contributed by atoms with Crippen LogP contribution in [0.15, 0.2) is 30.3 Å². The molecule has 0 aliphatic carbocycles. The van der Waals surface area contributed by atoms with Crippen molar-refractivity contribution in [2.75, 3.05) is 13.7 Å². The summed E-state index contributed by atoms with van der Waals surface area (Å²) in [5.74, 6) is 0. The molecule has 9 nitrogen and oxygen atoms in total. The molecule has 1 N–H and O–H groups in total. The third-order valence-electron chi connectivity index (χ3n) is 3.84. The SMILES string of the molecule is CO[C@H]1O[C@@H]2CO[C@@H](c3ccccc3)O[C@@H]2[C@H](O)[C@H]1OS(=O)(=O)[O-].[Na+]. The van der Waals surface area contributed by atoms with Crippen molar-refractivity contribution in [3.05, 3.63) is 35.9 Å². The van der Waals surface area contributed by atoms with E-state index in [1.54, 1.807) is 24.3 Å². The van der Waals surface area contributed by atoms with Crippen molar-refractivity contribution in [2.24, 2.45) is 0 Å². The summed E-state index contributed by atoms with van der Waals surface area (Å²) in [6, 6.07) is 9.02. The molecule has 6 atom stereocenters. The van der Waals surface area contributed by atoms with Crippen molar-refractivity contribution in [3.63, 3.8) is 0 Å². The minimum atomic E-state index is -5.06. The minimum absolute atomic E-state index is 0. The van der Waals surface area contributed by atoms with Gasteiger partial charge >= 0.3 is 29.6 Å². The number of hydrogen-bond donors (Lipinski definition) is 1. The van der Waals surface area contributed by atoms with Crippen LogP contribution in [0.4, 0.5) is 0 Å². The van der Waals surface area contributed by atoms with Gasteiger partial charge in [0.15, 0.2) is 18.7 Å². The minimum Gasteiger partial charge on any atom is -0.726 e. The number of aliphatic hydroxyl groups excluding tert-OH is 1. The maximum atomic E-state index is 10.9. The Balaban J connectivity index is 0.00000225. The van der Waals surface area contributed by atoms with Crippen LogP contribution >= 0.6 is 0 Å². The molecule has 2 aliphatic heterocycles. The molecule has 0 saturated carbocycles. The van der Waals surface area contributed by atoms with Crippen molar-refractivity contribution in [1.29, 1.82) is 0 Å². The Morgan fingerprint density at radius 1 is 1.24 bits per heavy atom. The van der Waals surface area contributed by atoms with Crippen molar-refractivity contribution >= 4 is 10.4 Å². The van der Waals surface area contributed by atoms with Crippen LogP contribution < -0.4 is 29.6 Å². The number of rotatable bonds is 4. The molecule has 0 spiro atoms. The van der Waals surface area contributed by atoms with E-state index < -0.39 is 47.4 Å². The molecule has 2 heterocycles. The number of benzene rings is 1. The quantitative estimate of drug-likeness (QED) is 0.323. The molecular weight excluding hydrogens is 367 g/mol. The zero-order valence-electron chi connectivity index (χ0n) is 13.7. The predicted molar refractivity (Wildman–Crippen MR) is 76.3 cm³/mol. The van der Waals surface area contributed by atoms with Gasteiger partial charge in [-0.3, -0.25) is 4.18 Å². The van der Waals surface area contributed by atoms with Gasteiger partial charge in [-0.15, -0.1) is 0 Å². The smallest absolute Gasteiger partial charge is 0.726 e. The van der Waals surface area contributed by atoms with Gasteiger partial charge in [0.25, 0.3) is 0 Å². The molecule has 3 rings (SSSR count). The second kappa shape index (κ2) is 8.72. The van der Waals surface area contributed by atoms with Crippen LogP contribution in [0.1, 0.15) is 11.9 Å². The fourth-order valence-electron chi connectivity index (χ4n) is 2.77. The molecule has 25 heavy (non-hydrogen) atoms. The van der Waals surface area contributed by atoms with Gasteiger partial charge in [-0.2, -0.15) is 0 Å². The Morgan fingerprint density at radius 3 is 2.52 bits per heavy atom. The molecular formula is C14H17NaO9S. The maximum Gasteiger partial charge on any atom is 1.00 e. The van der Waals surface area contributed by atoms with Crippen LogP contribution in [0.5, 0.6) is 0 Å². The topological polar surface area (TPSA) is 124 Å². The number of aliphatic hydroxyl groups is 1. The van der Waals surface area contributed by atoms with Crippen LogP contribution in [-0.4, -0.2) is 62.5 Å². The zero-order valence-corrected chi connectivity index (χ0v) is 16.5. The number of ether oxygens (including phenoxy) is 4. The van der Waals surface area contributed by atoms with Gasteiger partial charge in [0.1, 0.15) is 18.3 Å². The first-order valence-corrected chi connectivity index (χ1v) is 8.55. The van der Waals surface area contributed by atoms with Crippen molar-refractivity contribution in [1.82, 2.24) is 0 Å². The van der Waals surface area contributed by atoms with Crippen molar-refractivity contribution in [3.8, 4) is 0 Å². The molecule has 2 aliphatic rings. The molecule has 11 heteroatoms. The van der Waals surface area contributed by atoms with Gasteiger partial charge < -0.3 is 28.6 Å². The van der Waals surface area contributed by atoms with Gasteiger partial charge in [-0.05, 0) is 0 Å². The van der Waals surface area contributed by atoms with Gasteiger partial charge in [0.2, 0.25) is 10.4 Å². The number of fused-ring (bicyclic) bond motifs is 1. The maximum absolute atomic E-state index is 10.9. The molecule has 0 radical (unpaired) electrons. The number of methoxy groups -OCH3 is 1. The molecule has 134 valence electrons. The predicted octanol–water partition coefficient (Wildman–Crippen LogP) is -3.32. The van der Waals surface area contributed by atoms with E-state index >= 15 is 0 Å². The molecule has 0 bridgehead atoms. The summed E-state index contributed by atoms with van der Waals surface area (Å²) in [7, 11) is -3.82. The third-order valence-corrected chi connectivity index (χ3v) is 4.30. The molecule has 0 amide bonds. The van der Waals surface area contributed by atoms with E-state index in [1.165, 1.54) is 7.11 Å². The van der Waals surface area contributed by atoms with E-state index in [4.69, 9.17) is 18.9 Å². The Labute approximate surface area is 167 Å². The largest absolute Gasteiger partial charge is 1.00 e. The fraction of sp³-hybridized carbons (Fsp3) is 0.571. The van der Waals surface area contributed by atoms with Crippen molar-refractivity contribution in [2.45, 2.75) is 37.0 Å². The fourth-order valence-corrected chi connectivity index (χ4v) is 3.25. The molecule has 0 aromatic heterocycles. The molecule has 1 aromatic rings.